The number of hydrogen-bond donors (Lipinski definition) is 0. The van der Waals surface area contributed by atoms with E-state index in [0.29, 0.717) is 0 Å². The number of rotatable bonds is 6. The maximum atomic E-state index is 2.46. The molecule has 0 aromatic rings. The van der Waals surface area contributed by atoms with Crippen LogP contribution in [0.25, 0.3) is 0 Å². The van der Waals surface area contributed by atoms with Crippen LogP contribution in [0.1, 0.15) is 66.2 Å². The van der Waals surface area contributed by atoms with E-state index in [1.54, 1.807) is 0 Å². The zero-order valence-electron chi connectivity index (χ0n) is 10.6. The Morgan fingerprint density at radius 1 is 1.14 bits per heavy atom. The molecule has 0 nitrogen and oxygen atoms in total. The van der Waals surface area contributed by atoms with Crippen LogP contribution in [0.3, 0.4) is 0 Å². The molecule has 0 heterocycles. The highest BCUT2D eigenvalue weighted by Crippen LogP contribution is 2.39. The summed E-state index contributed by atoms with van der Waals surface area (Å²) in [6.07, 6.45) is 8.72. The fraction of sp³-hybridized carbons (Fsp3) is 1.00. The van der Waals surface area contributed by atoms with Crippen molar-refractivity contribution in [3.8, 4) is 0 Å². The van der Waals surface area contributed by atoms with Crippen LogP contribution in [0.2, 0.25) is 0 Å². The molecule has 84 valence electrons. The fourth-order valence-electron chi connectivity index (χ4n) is 3.00. The first kappa shape index (κ1) is 12.1. The third kappa shape index (κ3) is 3.63. The molecule has 0 N–H and O–H groups in total. The van der Waals surface area contributed by atoms with Crippen molar-refractivity contribution in [1.82, 2.24) is 0 Å². The zero-order valence-corrected chi connectivity index (χ0v) is 10.6. The first-order valence-electron chi connectivity index (χ1n) is 6.63. The molecule has 0 radical (unpaired) electrons. The lowest BCUT2D eigenvalue weighted by Crippen LogP contribution is -2.25. The van der Waals surface area contributed by atoms with Crippen molar-refractivity contribution >= 4 is 0 Å². The van der Waals surface area contributed by atoms with Crippen molar-refractivity contribution in [2.75, 3.05) is 0 Å². The van der Waals surface area contributed by atoms with E-state index in [1.807, 2.05) is 0 Å². The maximum Gasteiger partial charge on any atom is -0.0386 e. The highest BCUT2D eigenvalue weighted by Gasteiger charge is 2.27. The van der Waals surface area contributed by atoms with Crippen LogP contribution >= 0.6 is 0 Å². The molecular weight excluding hydrogens is 168 g/mol. The van der Waals surface area contributed by atoms with Gasteiger partial charge in [-0.3, -0.25) is 0 Å². The minimum Gasteiger partial charge on any atom is -0.0654 e. The molecule has 0 amide bonds. The van der Waals surface area contributed by atoms with Crippen LogP contribution in [-0.4, -0.2) is 0 Å². The molecular formula is C14H28. The van der Waals surface area contributed by atoms with Crippen molar-refractivity contribution in [3.05, 3.63) is 0 Å². The Bertz CT molecular complexity index is 150. The van der Waals surface area contributed by atoms with Gasteiger partial charge in [0.05, 0.1) is 0 Å². The first-order valence-corrected chi connectivity index (χ1v) is 6.63. The molecule has 0 bridgehead atoms. The third-order valence-corrected chi connectivity index (χ3v) is 4.09. The Morgan fingerprint density at radius 2 is 1.86 bits per heavy atom. The second kappa shape index (κ2) is 5.78. The van der Waals surface area contributed by atoms with Gasteiger partial charge in [-0.1, -0.05) is 47.0 Å². The quantitative estimate of drug-likeness (QED) is 0.567. The highest BCUT2D eigenvalue weighted by atomic mass is 14.3. The zero-order chi connectivity index (χ0) is 10.6. The average Bonchev–Trinajstić information content (AvgIpc) is 2.12. The summed E-state index contributed by atoms with van der Waals surface area (Å²) in [5, 5.41) is 0. The highest BCUT2D eigenvalue weighted by molar-refractivity contribution is 4.79. The van der Waals surface area contributed by atoms with Gasteiger partial charge >= 0.3 is 0 Å². The minimum absolute atomic E-state index is 0.949. The Morgan fingerprint density at radius 3 is 2.29 bits per heavy atom. The Kier molecular flexibility index (Phi) is 4.98. The summed E-state index contributed by atoms with van der Waals surface area (Å²) in [7, 11) is 0. The number of hydrogen-bond acceptors (Lipinski definition) is 0. The van der Waals surface area contributed by atoms with Gasteiger partial charge in [-0.05, 0) is 42.9 Å². The Balaban J connectivity index is 2.11. The summed E-state index contributed by atoms with van der Waals surface area (Å²) in [5.41, 5.74) is 0. The lowest BCUT2D eigenvalue weighted by Gasteiger charge is -2.36. The van der Waals surface area contributed by atoms with Gasteiger partial charge in [0.25, 0.3) is 0 Å². The second-order valence-electron chi connectivity index (χ2n) is 5.79. The van der Waals surface area contributed by atoms with Gasteiger partial charge in [0.1, 0.15) is 0 Å². The van der Waals surface area contributed by atoms with Gasteiger partial charge in [-0.2, -0.15) is 0 Å². The lowest BCUT2D eigenvalue weighted by atomic mass is 9.70. The van der Waals surface area contributed by atoms with E-state index in [-0.39, 0.29) is 0 Å². The first-order chi connectivity index (χ1) is 6.63. The summed E-state index contributed by atoms with van der Waals surface area (Å²) in [6, 6.07) is 0. The molecule has 0 heteroatoms. The van der Waals surface area contributed by atoms with Crippen LogP contribution in [0.15, 0.2) is 0 Å². The lowest BCUT2D eigenvalue weighted by molar-refractivity contribution is 0.152. The molecule has 4 atom stereocenters. The molecule has 0 aromatic heterocycles. The van der Waals surface area contributed by atoms with E-state index in [9.17, 15) is 0 Å². The minimum atomic E-state index is 0.949. The van der Waals surface area contributed by atoms with E-state index < -0.39 is 0 Å². The average molecular weight is 196 g/mol. The summed E-state index contributed by atoms with van der Waals surface area (Å²) in [6.45, 7) is 9.60. The summed E-state index contributed by atoms with van der Waals surface area (Å²) in [4.78, 5) is 0. The fourth-order valence-corrected chi connectivity index (χ4v) is 3.00. The smallest absolute Gasteiger partial charge is 0.0386 e. The molecule has 0 spiro atoms. The summed E-state index contributed by atoms with van der Waals surface area (Å²) < 4.78 is 0. The van der Waals surface area contributed by atoms with E-state index in [2.05, 4.69) is 27.7 Å². The second-order valence-corrected chi connectivity index (χ2v) is 5.79. The summed E-state index contributed by atoms with van der Waals surface area (Å²) in [5.74, 6) is 4.01. The van der Waals surface area contributed by atoms with E-state index in [1.165, 1.54) is 38.5 Å². The molecule has 0 saturated heterocycles. The Labute approximate surface area is 90.5 Å². The van der Waals surface area contributed by atoms with Crippen LogP contribution in [0.4, 0.5) is 0 Å². The predicted octanol–water partition coefficient (Wildman–Crippen LogP) is 4.89. The van der Waals surface area contributed by atoms with Gasteiger partial charge < -0.3 is 0 Å². The van der Waals surface area contributed by atoms with Gasteiger partial charge in [0, 0.05) is 0 Å². The van der Waals surface area contributed by atoms with E-state index >= 15 is 0 Å². The third-order valence-electron chi connectivity index (χ3n) is 4.09. The van der Waals surface area contributed by atoms with E-state index in [4.69, 9.17) is 0 Å². The van der Waals surface area contributed by atoms with Crippen molar-refractivity contribution < 1.29 is 0 Å². The molecule has 1 fully saturated rings. The van der Waals surface area contributed by atoms with Crippen LogP contribution in [0.5, 0.6) is 0 Å². The van der Waals surface area contributed by atoms with Gasteiger partial charge in [0.2, 0.25) is 0 Å². The van der Waals surface area contributed by atoms with Crippen molar-refractivity contribution in [2.24, 2.45) is 23.7 Å². The molecule has 1 rings (SSSR count). The van der Waals surface area contributed by atoms with Crippen molar-refractivity contribution in [3.63, 3.8) is 0 Å². The van der Waals surface area contributed by atoms with Crippen molar-refractivity contribution in [2.45, 2.75) is 66.2 Å². The van der Waals surface area contributed by atoms with Gasteiger partial charge in [-0.15, -0.1) is 0 Å². The SMILES string of the molecule is CCCC(C)CC(C)CC1CCC1C. The van der Waals surface area contributed by atoms with Crippen LogP contribution < -0.4 is 0 Å². The predicted molar refractivity (Wildman–Crippen MR) is 64.4 cm³/mol. The monoisotopic (exact) mass is 196 g/mol. The van der Waals surface area contributed by atoms with Gasteiger partial charge in [-0.25, -0.2) is 0 Å². The largest absolute Gasteiger partial charge is 0.0654 e. The molecule has 1 aliphatic rings. The topological polar surface area (TPSA) is 0 Å². The standard InChI is InChI=1S/C14H28/c1-5-6-11(2)9-12(3)10-14-8-7-13(14)4/h11-14H,5-10H2,1-4H3. The molecule has 1 saturated carbocycles. The molecule has 0 aromatic carbocycles. The molecule has 4 unspecified atom stereocenters. The molecule has 1 aliphatic carbocycles. The normalized spacial score (nSPS) is 30.9. The maximum absolute atomic E-state index is 2.46. The van der Waals surface area contributed by atoms with Crippen LogP contribution in [0, 0.1) is 23.7 Å². The Hall–Kier alpha value is 0. The molecule has 0 aliphatic heterocycles. The summed E-state index contributed by atoms with van der Waals surface area (Å²) >= 11 is 0. The van der Waals surface area contributed by atoms with E-state index in [0.717, 1.165) is 23.7 Å². The molecule has 14 heavy (non-hydrogen) atoms. The van der Waals surface area contributed by atoms with Gasteiger partial charge in [0.15, 0.2) is 0 Å². The van der Waals surface area contributed by atoms with Crippen molar-refractivity contribution in [1.29, 1.82) is 0 Å². The van der Waals surface area contributed by atoms with Crippen LogP contribution in [-0.2, 0) is 0 Å².